The molecule has 0 radical (unpaired) electrons. The van der Waals surface area contributed by atoms with Crippen LogP contribution in [0.2, 0.25) is 0 Å². The molecule has 0 spiro atoms. The Kier molecular flexibility index (Phi) is 3.78. The van der Waals surface area contributed by atoms with Crippen molar-refractivity contribution in [2.45, 2.75) is 20.0 Å². The number of aldehydes is 1. The maximum absolute atomic E-state index is 11.0. The fourth-order valence-electron chi connectivity index (χ4n) is 1.85. The summed E-state index contributed by atoms with van der Waals surface area (Å²) in [6.45, 7) is 3.93. The van der Waals surface area contributed by atoms with Crippen LogP contribution in [0.3, 0.4) is 0 Å². The van der Waals surface area contributed by atoms with Crippen molar-refractivity contribution < 1.29 is 9.53 Å². The first-order valence-electron chi connectivity index (χ1n) is 5.98. The van der Waals surface area contributed by atoms with E-state index in [0.717, 1.165) is 17.4 Å². The average molecular weight is 240 g/mol. The van der Waals surface area contributed by atoms with E-state index in [1.54, 1.807) is 0 Å². The highest BCUT2D eigenvalue weighted by Gasteiger charge is 2.09. The largest absolute Gasteiger partial charge is 0.485 e. The van der Waals surface area contributed by atoms with Gasteiger partial charge in [0.2, 0.25) is 0 Å². The molecular formula is C16H16O2. The number of carbonyl (C=O) groups excluding carboxylic acids is 1. The fourth-order valence-corrected chi connectivity index (χ4v) is 1.85. The summed E-state index contributed by atoms with van der Waals surface area (Å²) >= 11 is 0. The maximum atomic E-state index is 11.0. The molecule has 0 fully saturated rings. The number of aryl methyl sites for hydroxylation is 1. The van der Waals surface area contributed by atoms with Gasteiger partial charge in [0, 0.05) is 0 Å². The summed E-state index contributed by atoms with van der Waals surface area (Å²) in [4.78, 5) is 11.0. The Bertz CT molecular complexity index is 532. The molecule has 0 aliphatic rings. The van der Waals surface area contributed by atoms with Gasteiger partial charge < -0.3 is 4.74 Å². The van der Waals surface area contributed by atoms with Gasteiger partial charge in [-0.15, -0.1) is 0 Å². The highest BCUT2D eigenvalue weighted by molar-refractivity contribution is 5.79. The van der Waals surface area contributed by atoms with Crippen LogP contribution in [0.1, 0.15) is 34.5 Å². The third-order valence-corrected chi connectivity index (χ3v) is 2.86. The average Bonchev–Trinajstić information content (AvgIpc) is 2.41. The topological polar surface area (TPSA) is 26.3 Å². The van der Waals surface area contributed by atoms with Crippen LogP contribution < -0.4 is 4.74 Å². The van der Waals surface area contributed by atoms with Crippen LogP contribution >= 0.6 is 0 Å². The van der Waals surface area contributed by atoms with Crippen molar-refractivity contribution in [3.8, 4) is 5.75 Å². The van der Waals surface area contributed by atoms with Crippen molar-refractivity contribution in [2.24, 2.45) is 0 Å². The molecule has 0 amide bonds. The van der Waals surface area contributed by atoms with E-state index in [1.807, 2.05) is 62.4 Å². The number of rotatable bonds is 4. The lowest BCUT2D eigenvalue weighted by Gasteiger charge is -2.16. The zero-order valence-corrected chi connectivity index (χ0v) is 10.6. The standard InChI is InChI=1S/C16H16O2/c1-12-8-9-16(15(10-12)11-17)18-13(2)14-6-4-3-5-7-14/h3-11,13H,1-2H3. The summed E-state index contributed by atoms with van der Waals surface area (Å²) in [7, 11) is 0. The molecule has 0 N–H and O–H groups in total. The molecule has 0 aliphatic heterocycles. The van der Waals surface area contributed by atoms with E-state index in [-0.39, 0.29) is 6.10 Å². The van der Waals surface area contributed by atoms with E-state index in [2.05, 4.69) is 0 Å². The predicted molar refractivity (Wildman–Crippen MR) is 72.1 cm³/mol. The monoisotopic (exact) mass is 240 g/mol. The first kappa shape index (κ1) is 12.4. The lowest BCUT2D eigenvalue weighted by molar-refractivity contribution is 0.111. The van der Waals surface area contributed by atoms with Gasteiger partial charge in [-0.3, -0.25) is 4.79 Å². The van der Waals surface area contributed by atoms with Gasteiger partial charge in [0.1, 0.15) is 11.9 Å². The molecule has 0 saturated heterocycles. The summed E-state index contributed by atoms with van der Waals surface area (Å²) in [5.74, 6) is 0.631. The second-order valence-electron chi connectivity index (χ2n) is 4.33. The van der Waals surface area contributed by atoms with E-state index >= 15 is 0 Å². The van der Waals surface area contributed by atoms with Crippen LogP contribution in [0.5, 0.6) is 5.75 Å². The van der Waals surface area contributed by atoms with Crippen molar-refractivity contribution in [3.05, 3.63) is 65.2 Å². The third kappa shape index (κ3) is 2.77. The van der Waals surface area contributed by atoms with Crippen molar-refractivity contribution in [1.29, 1.82) is 0 Å². The van der Waals surface area contributed by atoms with Crippen LogP contribution in [0.4, 0.5) is 0 Å². The van der Waals surface area contributed by atoms with Crippen LogP contribution in [-0.4, -0.2) is 6.29 Å². The van der Waals surface area contributed by atoms with E-state index < -0.39 is 0 Å². The quantitative estimate of drug-likeness (QED) is 0.756. The first-order chi connectivity index (χ1) is 8.70. The van der Waals surface area contributed by atoms with Gasteiger partial charge >= 0.3 is 0 Å². The molecule has 0 bridgehead atoms. The van der Waals surface area contributed by atoms with Gasteiger partial charge in [-0.05, 0) is 31.5 Å². The first-order valence-corrected chi connectivity index (χ1v) is 5.98. The van der Waals surface area contributed by atoms with Crippen LogP contribution in [0.15, 0.2) is 48.5 Å². The number of hydrogen-bond donors (Lipinski definition) is 0. The molecule has 92 valence electrons. The number of hydrogen-bond acceptors (Lipinski definition) is 2. The second kappa shape index (κ2) is 5.50. The highest BCUT2D eigenvalue weighted by Crippen LogP contribution is 2.25. The van der Waals surface area contributed by atoms with Crippen molar-refractivity contribution >= 4 is 6.29 Å². The Morgan fingerprint density at radius 2 is 1.83 bits per heavy atom. The minimum atomic E-state index is -0.0763. The Labute approximate surface area is 107 Å². The zero-order chi connectivity index (χ0) is 13.0. The fraction of sp³-hybridized carbons (Fsp3) is 0.188. The molecule has 18 heavy (non-hydrogen) atoms. The minimum absolute atomic E-state index is 0.0763. The normalized spacial score (nSPS) is 11.9. The Morgan fingerprint density at radius 3 is 2.50 bits per heavy atom. The summed E-state index contributed by atoms with van der Waals surface area (Å²) in [6, 6.07) is 15.6. The molecule has 2 nitrogen and oxygen atoms in total. The second-order valence-corrected chi connectivity index (χ2v) is 4.33. The van der Waals surface area contributed by atoms with Gasteiger partial charge in [0.15, 0.2) is 6.29 Å². The lowest BCUT2D eigenvalue weighted by Crippen LogP contribution is -2.04. The molecule has 0 heterocycles. The van der Waals surface area contributed by atoms with Gasteiger partial charge in [-0.2, -0.15) is 0 Å². The molecule has 0 aliphatic carbocycles. The van der Waals surface area contributed by atoms with E-state index in [1.165, 1.54) is 0 Å². The van der Waals surface area contributed by atoms with E-state index in [4.69, 9.17) is 4.74 Å². The van der Waals surface area contributed by atoms with Gasteiger partial charge in [-0.1, -0.05) is 42.0 Å². The van der Waals surface area contributed by atoms with Crippen molar-refractivity contribution in [2.75, 3.05) is 0 Å². The molecule has 2 aromatic carbocycles. The molecule has 0 saturated carbocycles. The summed E-state index contributed by atoms with van der Waals surface area (Å²) < 4.78 is 5.85. The predicted octanol–water partition coefficient (Wildman–Crippen LogP) is 3.95. The van der Waals surface area contributed by atoms with Crippen LogP contribution in [-0.2, 0) is 0 Å². The van der Waals surface area contributed by atoms with Crippen LogP contribution in [0.25, 0.3) is 0 Å². The number of carbonyl (C=O) groups is 1. The molecule has 1 unspecified atom stereocenters. The summed E-state index contributed by atoms with van der Waals surface area (Å²) in [5, 5.41) is 0. The Balaban J connectivity index is 2.22. The van der Waals surface area contributed by atoms with Gasteiger partial charge in [0.25, 0.3) is 0 Å². The lowest BCUT2D eigenvalue weighted by atomic mass is 10.1. The summed E-state index contributed by atoms with van der Waals surface area (Å²) in [5.41, 5.74) is 2.74. The van der Waals surface area contributed by atoms with Crippen LogP contribution in [0, 0.1) is 6.92 Å². The molecular weight excluding hydrogens is 224 g/mol. The molecule has 2 heteroatoms. The molecule has 0 aromatic heterocycles. The zero-order valence-electron chi connectivity index (χ0n) is 10.6. The van der Waals surface area contributed by atoms with Crippen molar-refractivity contribution in [1.82, 2.24) is 0 Å². The van der Waals surface area contributed by atoms with Gasteiger partial charge in [0.05, 0.1) is 5.56 Å². The number of ether oxygens (including phenoxy) is 1. The third-order valence-electron chi connectivity index (χ3n) is 2.86. The smallest absolute Gasteiger partial charge is 0.153 e. The Hall–Kier alpha value is -2.09. The SMILES string of the molecule is Cc1ccc(OC(C)c2ccccc2)c(C=O)c1. The molecule has 2 rings (SSSR count). The summed E-state index contributed by atoms with van der Waals surface area (Å²) in [6.07, 6.45) is 0.757. The molecule has 2 aromatic rings. The van der Waals surface area contributed by atoms with E-state index in [9.17, 15) is 4.79 Å². The maximum Gasteiger partial charge on any atom is 0.153 e. The molecule has 1 atom stereocenters. The Morgan fingerprint density at radius 1 is 1.11 bits per heavy atom. The highest BCUT2D eigenvalue weighted by atomic mass is 16.5. The minimum Gasteiger partial charge on any atom is -0.485 e. The van der Waals surface area contributed by atoms with Gasteiger partial charge in [-0.25, -0.2) is 0 Å². The van der Waals surface area contributed by atoms with E-state index in [0.29, 0.717) is 11.3 Å². The number of benzene rings is 2. The van der Waals surface area contributed by atoms with Crippen molar-refractivity contribution in [3.63, 3.8) is 0 Å².